The van der Waals surface area contributed by atoms with Crippen LogP contribution < -0.4 is 0 Å². The summed E-state index contributed by atoms with van der Waals surface area (Å²) in [5.74, 6) is -0.662. The molecular formula is C26H25N3O4S. The number of rotatable bonds is 7. The van der Waals surface area contributed by atoms with Gasteiger partial charge in [-0.1, -0.05) is 26.0 Å². The van der Waals surface area contributed by atoms with E-state index in [0.29, 0.717) is 28.3 Å². The Balaban J connectivity index is 1.80. The Kier molecular flexibility index (Phi) is 6.07. The molecule has 4 aromatic rings. The molecule has 0 atom stereocenters. The number of pyridine rings is 1. The summed E-state index contributed by atoms with van der Waals surface area (Å²) in [5, 5.41) is 18.8. The van der Waals surface area contributed by atoms with E-state index in [1.807, 2.05) is 32.9 Å². The van der Waals surface area contributed by atoms with Crippen LogP contribution in [0.25, 0.3) is 5.52 Å². The number of carboxylic acid groups (broad SMARTS) is 1. The van der Waals surface area contributed by atoms with E-state index in [0.717, 1.165) is 16.8 Å². The SMILES string of the molecule is Cc1c(CC(=O)O)c2ccc(C#N)cn2c1Cc1cccn1S(=O)(=O)c1ccc(C(C)C)cc1. The molecule has 0 aliphatic heterocycles. The smallest absolute Gasteiger partial charge is 0.307 e. The fourth-order valence-corrected chi connectivity index (χ4v) is 5.63. The highest BCUT2D eigenvalue weighted by molar-refractivity contribution is 7.90. The maximum Gasteiger partial charge on any atom is 0.307 e. The fourth-order valence-electron chi connectivity index (χ4n) is 4.26. The molecule has 0 saturated heterocycles. The lowest BCUT2D eigenvalue weighted by Crippen LogP contribution is -2.15. The molecule has 174 valence electrons. The van der Waals surface area contributed by atoms with Crippen LogP contribution in [0.2, 0.25) is 0 Å². The van der Waals surface area contributed by atoms with E-state index in [1.165, 1.54) is 10.2 Å². The van der Waals surface area contributed by atoms with Gasteiger partial charge in [0.2, 0.25) is 0 Å². The Hall–Kier alpha value is -3.83. The van der Waals surface area contributed by atoms with Crippen molar-refractivity contribution in [1.29, 1.82) is 5.26 Å². The highest BCUT2D eigenvalue weighted by Gasteiger charge is 2.23. The van der Waals surface area contributed by atoms with Gasteiger partial charge in [-0.25, -0.2) is 12.4 Å². The van der Waals surface area contributed by atoms with Crippen LogP contribution in [0.3, 0.4) is 0 Å². The standard InChI is InChI=1S/C26H25N3O4S/c1-17(2)20-7-9-22(10-8-20)34(32,33)29-12-4-5-21(29)13-25-18(3)23(14-26(30)31)24-11-6-19(15-27)16-28(24)25/h4-12,16-17H,13-14H2,1-3H3,(H,30,31). The van der Waals surface area contributed by atoms with Crippen LogP contribution >= 0.6 is 0 Å². The molecule has 1 N–H and O–H groups in total. The topological polar surface area (TPSA) is 105 Å². The molecule has 0 aliphatic rings. The molecule has 0 bridgehead atoms. The Labute approximate surface area is 198 Å². The van der Waals surface area contributed by atoms with Gasteiger partial charge < -0.3 is 9.51 Å². The third kappa shape index (κ3) is 4.11. The van der Waals surface area contributed by atoms with E-state index in [4.69, 9.17) is 0 Å². The van der Waals surface area contributed by atoms with Crippen LogP contribution in [-0.2, 0) is 27.7 Å². The summed E-state index contributed by atoms with van der Waals surface area (Å²) in [6.45, 7) is 5.93. The van der Waals surface area contributed by atoms with Crippen molar-refractivity contribution in [3.05, 3.63) is 94.6 Å². The average Bonchev–Trinajstić information content (AvgIpc) is 3.38. The van der Waals surface area contributed by atoms with Gasteiger partial charge in [-0.05, 0) is 65.9 Å². The van der Waals surface area contributed by atoms with Crippen molar-refractivity contribution in [2.45, 2.75) is 44.4 Å². The molecular weight excluding hydrogens is 450 g/mol. The Morgan fingerprint density at radius 2 is 1.82 bits per heavy atom. The van der Waals surface area contributed by atoms with Crippen molar-refractivity contribution in [3.8, 4) is 6.07 Å². The zero-order valence-corrected chi connectivity index (χ0v) is 20.0. The first-order chi connectivity index (χ1) is 16.1. The number of benzene rings is 1. The van der Waals surface area contributed by atoms with Crippen molar-refractivity contribution >= 4 is 21.5 Å². The van der Waals surface area contributed by atoms with Gasteiger partial charge in [0.25, 0.3) is 10.0 Å². The van der Waals surface area contributed by atoms with Crippen LogP contribution in [0.5, 0.6) is 0 Å². The Morgan fingerprint density at radius 1 is 1.12 bits per heavy atom. The molecule has 8 heteroatoms. The molecule has 0 fully saturated rings. The molecule has 0 saturated carbocycles. The van der Waals surface area contributed by atoms with Crippen molar-refractivity contribution < 1.29 is 18.3 Å². The average molecular weight is 476 g/mol. The quantitative estimate of drug-likeness (QED) is 0.424. The number of nitrogens with zero attached hydrogens (tertiary/aromatic N) is 3. The number of aromatic nitrogens is 2. The number of hydrogen-bond donors (Lipinski definition) is 1. The first-order valence-corrected chi connectivity index (χ1v) is 12.3. The minimum absolute atomic E-state index is 0.164. The van der Waals surface area contributed by atoms with Gasteiger partial charge in [-0.3, -0.25) is 4.79 Å². The van der Waals surface area contributed by atoms with E-state index < -0.39 is 16.0 Å². The number of carbonyl (C=O) groups is 1. The van der Waals surface area contributed by atoms with E-state index in [9.17, 15) is 23.6 Å². The second-order valence-corrected chi connectivity index (χ2v) is 10.4. The van der Waals surface area contributed by atoms with Crippen molar-refractivity contribution in [2.75, 3.05) is 0 Å². The zero-order chi connectivity index (χ0) is 24.6. The summed E-state index contributed by atoms with van der Waals surface area (Å²) in [6.07, 6.45) is 3.26. The summed E-state index contributed by atoms with van der Waals surface area (Å²) >= 11 is 0. The normalized spacial score (nSPS) is 11.7. The molecule has 1 aromatic carbocycles. The lowest BCUT2D eigenvalue weighted by molar-refractivity contribution is -0.136. The molecule has 0 aliphatic carbocycles. The summed E-state index contributed by atoms with van der Waals surface area (Å²) < 4.78 is 29.9. The fraction of sp³-hybridized carbons (Fsp3) is 0.231. The first kappa shape index (κ1) is 23.3. The van der Waals surface area contributed by atoms with E-state index in [2.05, 4.69) is 6.07 Å². The summed E-state index contributed by atoms with van der Waals surface area (Å²) in [5.41, 5.74) is 4.88. The van der Waals surface area contributed by atoms with Gasteiger partial charge in [-0.2, -0.15) is 5.26 Å². The molecule has 7 nitrogen and oxygen atoms in total. The summed E-state index contributed by atoms with van der Waals surface area (Å²) in [6, 6.07) is 15.8. The number of aliphatic carboxylic acids is 1. The lowest BCUT2D eigenvalue weighted by Gasteiger charge is -2.13. The first-order valence-electron chi connectivity index (χ1n) is 10.9. The Morgan fingerprint density at radius 3 is 2.44 bits per heavy atom. The van der Waals surface area contributed by atoms with E-state index >= 15 is 0 Å². The lowest BCUT2D eigenvalue weighted by atomic mass is 10.0. The molecule has 3 heterocycles. The minimum atomic E-state index is -3.82. The van der Waals surface area contributed by atoms with Gasteiger partial charge in [0.15, 0.2) is 0 Å². The molecule has 34 heavy (non-hydrogen) atoms. The summed E-state index contributed by atoms with van der Waals surface area (Å²) in [7, 11) is -3.82. The number of hydrogen-bond acceptors (Lipinski definition) is 4. The second kappa shape index (κ2) is 8.84. The van der Waals surface area contributed by atoms with Crippen molar-refractivity contribution in [2.24, 2.45) is 0 Å². The molecule has 0 amide bonds. The van der Waals surface area contributed by atoms with Crippen molar-refractivity contribution in [1.82, 2.24) is 8.37 Å². The van der Waals surface area contributed by atoms with Gasteiger partial charge in [-0.15, -0.1) is 0 Å². The van der Waals surface area contributed by atoms with Crippen LogP contribution in [0.15, 0.2) is 65.8 Å². The van der Waals surface area contributed by atoms with Crippen LogP contribution in [-0.4, -0.2) is 27.9 Å². The number of carboxylic acids is 1. The van der Waals surface area contributed by atoms with E-state index in [1.54, 1.807) is 47.0 Å². The molecule has 4 rings (SSSR count). The predicted octanol–water partition coefficient (Wildman–Crippen LogP) is 4.50. The number of fused-ring (bicyclic) bond motifs is 1. The largest absolute Gasteiger partial charge is 0.481 e. The predicted molar refractivity (Wildman–Crippen MR) is 129 cm³/mol. The number of nitriles is 1. The third-order valence-corrected chi connectivity index (χ3v) is 7.88. The maximum absolute atomic E-state index is 13.4. The highest BCUT2D eigenvalue weighted by atomic mass is 32.2. The molecule has 3 aromatic heterocycles. The molecule has 0 unspecified atom stereocenters. The van der Waals surface area contributed by atoms with E-state index in [-0.39, 0.29) is 17.7 Å². The molecule has 0 spiro atoms. The van der Waals surface area contributed by atoms with Crippen molar-refractivity contribution in [3.63, 3.8) is 0 Å². The van der Waals surface area contributed by atoms with Gasteiger partial charge >= 0.3 is 5.97 Å². The molecule has 0 radical (unpaired) electrons. The maximum atomic E-state index is 13.4. The van der Waals surface area contributed by atoms with Gasteiger partial charge in [0.1, 0.15) is 6.07 Å². The zero-order valence-electron chi connectivity index (χ0n) is 19.2. The highest BCUT2D eigenvalue weighted by Crippen LogP contribution is 2.28. The third-order valence-electron chi connectivity index (χ3n) is 6.14. The van der Waals surface area contributed by atoms with Crippen LogP contribution in [0, 0.1) is 18.3 Å². The monoisotopic (exact) mass is 475 g/mol. The van der Waals surface area contributed by atoms with Crippen LogP contribution in [0.4, 0.5) is 0 Å². The Bertz CT molecular complexity index is 1540. The summed E-state index contributed by atoms with van der Waals surface area (Å²) in [4.78, 5) is 11.7. The van der Waals surface area contributed by atoms with Gasteiger partial charge in [0.05, 0.1) is 16.9 Å². The second-order valence-electron chi connectivity index (χ2n) is 8.61. The minimum Gasteiger partial charge on any atom is -0.481 e. The van der Waals surface area contributed by atoms with Crippen LogP contribution in [0.1, 0.15) is 53.4 Å². The van der Waals surface area contributed by atoms with Gasteiger partial charge in [0, 0.05) is 35.7 Å².